The molecule has 0 atom stereocenters. The summed E-state index contributed by atoms with van der Waals surface area (Å²) in [6, 6.07) is 1.32. The Hall–Kier alpha value is -1.39. The number of unbranched alkanes of at least 4 members (excludes halogenated alkanes) is 2. The molecular formula is C12H21FN4. The molecular weight excluding hydrogens is 219 g/mol. The molecule has 4 nitrogen and oxygen atoms in total. The summed E-state index contributed by atoms with van der Waals surface area (Å²) >= 11 is 0. The molecule has 0 spiro atoms. The van der Waals surface area contributed by atoms with Crippen LogP contribution in [0.3, 0.4) is 0 Å². The normalized spacial score (nSPS) is 10.3. The summed E-state index contributed by atoms with van der Waals surface area (Å²) in [6.07, 6.45) is 4.26. The van der Waals surface area contributed by atoms with Gasteiger partial charge in [-0.15, -0.1) is 0 Å². The minimum absolute atomic E-state index is 0.359. The fourth-order valence-corrected chi connectivity index (χ4v) is 1.36. The molecule has 0 saturated heterocycles. The number of halogens is 1. The molecule has 1 rings (SSSR count). The van der Waals surface area contributed by atoms with E-state index in [1.165, 1.54) is 6.07 Å². The van der Waals surface area contributed by atoms with E-state index in [0.29, 0.717) is 11.8 Å². The van der Waals surface area contributed by atoms with E-state index in [-0.39, 0.29) is 0 Å². The fraction of sp³-hybridized carbons (Fsp3) is 0.667. The molecule has 0 aromatic carbocycles. The molecule has 0 unspecified atom stereocenters. The molecule has 96 valence electrons. The Morgan fingerprint density at radius 1 is 1.06 bits per heavy atom. The van der Waals surface area contributed by atoms with Gasteiger partial charge in [-0.1, -0.05) is 26.7 Å². The van der Waals surface area contributed by atoms with Gasteiger partial charge in [0.2, 0.25) is 11.9 Å². The summed E-state index contributed by atoms with van der Waals surface area (Å²) in [5, 5.41) is 6.10. The van der Waals surface area contributed by atoms with Crippen molar-refractivity contribution in [3.8, 4) is 0 Å². The number of rotatable bonds is 8. The van der Waals surface area contributed by atoms with Gasteiger partial charge in [-0.25, -0.2) is 0 Å². The van der Waals surface area contributed by atoms with Crippen LogP contribution >= 0.6 is 0 Å². The number of nitrogens with one attached hydrogen (secondary N) is 2. The topological polar surface area (TPSA) is 49.8 Å². The van der Waals surface area contributed by atoms with Crippen LogP contribution in [0, 0.1) is 5.95 Å². The number of hydrogen-bond acceptors (Lipinski definition) is 4. The highest BCUT2D eigenvalue weighted by molar-refractivity contribution is 5.39. The zero-order chi connectivity index (χ0) is 12.5. The van der Waals surface area contributed by atoms with Gasteiger partial charge in [-0.05, 0) is 12.8 Å². The third-order valence-electron chi connectivity index (χ3n) is 2.34. The van der Waals surface area contributed by atoms with Gasteiger partial charge in [0.15, 0.2) is 0 Å². The van der Waals surface area contributed by atoms with Crippen molar-refractivity contribution in [2.75, 3.05) is 23.7 Å². The summed E-state index contributed by atoms with van der Waals surface area (Å²) in [5.74, 6) is 0.403. The van der Waals surface area contributed by atoms with Gasteiger partial charge < -0.3 is 10.6 Å². The number of anilines is 2. The SMILES string of the molecule is CCCCNc1cc(F)nc(NCCCC)n1. The molecule has 2 N–H and O–H groups in total. The third-order valence-corrected chi connectivity index (χ3v) is 2.34. The molecule has 0 amide bonds. The van der Waals surface area contributed by atoms with Crippen LogP contribution in [0.15, 0.2) is 6.07 Å². The van der Waals surface area contributed by atoms with Gasteiger partial charge >= 0.3 is 0 Å². The Bertz CT molecular complexity index is 302. The van der Waals surface area contributed by atoms with E-state index in [2.05, 4.69) is 34.4 Å². The van der Waals surface area contributed by atoms with Gasteiger partial charge in [0.25, 0.3) is 0 Å². The molecule has 0 aliphatic heterocycles. The first kappa shape index (κ1) is 13.7. The predicted octanol–water partition coefficient (Wildman–Crippen LogP) is 3.04. The molecule has 0 aliphatic carbocycles. The van der Waals surface area contributed by atoms with Crippen molar-refractivity contribution < 1.29 is 4.39 Å². The van der Waals surface area contributed by atoms with Crippen molar-refractivity contribution in [3.63, 3.8) is 0 Å². The Morgan fingerprint density at radius 2 is 1.71 bits per heavy atom. The Labute approximate surface area is 102 Å². The standard InChI is InChI=1S/C12H21FN4/c1-3-5-7-14-11-9-10(13)16-12(17-11)15-8-6-4-2/h9H,3-8H2,1-2H3,(H2,14,15,16,17). The minimum Gasteiger partial charge on any atom is -0.370 e. The van der Waals surface area contributed by atoms with Crippen molar-refractivity contribution in [1.29, 1.82) is 0 Å². The van der Waals surface area contributed by atoms with Crippen LogP contribution in [0.2, 0.25) is 0 Å². The zero-order valence-electron chi connectivity index (χ0n) is 10.6. The van der Waals surface area contributed by atoms with E-state index in [1.54, 1.807) is 0 Å². The largest absolute Gasteiger partial charge is 0.370 e. The van der Waals surface area contributed by atoms with Crippen LogP contribution in [0.4, 0.5) is 16.2 Å². The molecule has 5 heteroatoms. The maximum absolute atomic E-state index is 13.2. The molecule has 17 heavy (non-hydrogen) atoms. The van der Waals surface area contributed by atoms with Crippen molar-refractivity contribution >= 4 is 11.8 Å². The molecule has 1 heterocycles. The van der Waals surface area contributed by atoms with Crippen molar-refractivity contribution in [2.45, 2.75) is 39.5 Å². The van der Waals surface area contributed by atoms with E-state index in [1.807, 2.05) is 0 Å². The van der Waals surface area contributed by atoms with Crippen LogP contribution in [0.5, 0.6) is 0 Å². The predicted molar refractivity (Wildman–Crippen MR) is 68.8 cm³/mol. The molecule has 0 radical (unpaired) electrons. The fourth-order valence-electron chi connectivity index (χ4n) is 1.36. The quantitative estimate of drug-likeness (QED) is 0.541. The molecule has 1 aromatic rings. The second-order valence-electron chi connectivity index (χ2n) is 3.96. The van der Waals surface area contributed by atoms with Crippen LogP contribution < -0.4 is 10.6 Å². The molecule has 0 aliphatic rings. The molecule has 0 fully saturated rings. The summed E-state index contributed by atoms with van der Waals surface area (Å²) in [4.78, 5) is 7.91. The highest BCUT2D eigenvalue weighted by Crippen LogP contribution is 2.09. The first-order valence-corrected chi connectivity index (χ1v) is 6.28. The van der Waals surface area contributed by atoms with Crippen molar-refractivity contribution in [3.05, 3.63) is 12.0 Å². The lowest BCUT2D eigenvalue weighted by Gasteiger charge is -2.08. The van der Waals surface area contributed by atoms with E-state index in [4.69, 9.17) is 0 Å². The Morgan fingerprint density at radius 3 is 2.35 bits per heavy atom. The maximum atomic E-state index is 13.2. The van der Waals surface area contributed by atoms with E-state index in [9.17, 15) is 4.39 Å². The van der Waals surface area contributed by atoms with Crippen LogP contribution in [0.25, 0.3) is 0 Å². The minimum atomic E-state index is -0.502. The summed E-state index contributed by atoms with van der Waals surface area (Å²) < 4.78 is 13.2. The van der Waals surface area contributed by atoms with Gasteiger partial charge in [-0.2, -0.15) is 14.4 Å². The van der Waals surface area contributed by atoms with Gasteiger partial charge in [0.05, 0.1) is 0 Å². The summed E-state index contributed by atoms with van der Waals surface area (Å²) in [6.45, 7) is 5.79. The lowest BCUT2D eigenvalue weighted by molar-refractivity contribution is 0.581. The lowest BCUT2D eigenvalue weighted by atomic mass is 10.3. The highest BCUT2D eigenvalue weighted by Gasteiger charge is 2.03. The maximum Gasteiger partial charge on any atom is 0.227 e. The summed E-state index contributed by atoms with van der Waals surface area (Å²) in [5.41, 5.74) is 0. The van der Waals surface area contributed by atoms with Gasteiger partial charge in [0, 0.05) is 19.2 Å². The first-order chi connectivity index (χ1) is 8.26. The number of aromatic nitrogens is 2. The number of nitrogens with zero attached hydrogens (tertiary/aromatic N) is 2. The molecule has 0 saturated carbocycles. The van der Waals surface area contributed by atoms with Gasteiger partial charge in [-0.3, -0.25) is 0 Å². The number of hydrogen-bond donors (Lipinski definition) is 2. The monoisotopic (exact) mass is 240 g/mol. The lowest BCUT2D eigenvalue weighted by Crippen LogP contribution is -2.09. The Balaban J connectivity index is 2.53. The zero-order valence-corrected chi connectivity index (χ0v) is 10.6. The molecule has 1 aromatic heterocycles. The van der Waals surface area contributed by atoms with Gasteiger partial charge in [0.1, 0.15) is 5.82 Å². The van der Waals surface area contributed by atoms with Crippen LogP contribution in [-0.4, -0.2) is 23.1 Å². The molecule has 0 bridgehead atoms. The Kier molecular flexibility index (Phi) is 6.29. The summed E-state index contributed by atoms with van der Waals surface area (Å²) in [7, 11) is 0. The first-order valence-electron chi connectivity index (χ1n) is 6.28. The van der Waals surface area contributed by atoms with Crippen molar-refractivity contribution in [1.82, 2.24) is 9.97 Å². The smallest absolute Gasteiger partial charge is 0.227 e. The van der Waals surface area contributed by atoms with Crippen LogP contribution in [-0.2, 0) is 0 Å². The average molecular weight is 240 g/mol. The van der Waals surface area contributed by atoms with Crippen molar-refractivity contribution in [2.24, 2.45) is 0 Å². The highest BCUT2D eigenvalue weighted by atomic mass is 19.1. The van der Waals surface area contributed by atoms with Crippen LogP contribution in [0.1, 0.15) is 39.5 Å². The third kappa shape index (κ3) is 5.47. The second kappa shape index (κ2) is 7.81. The second-order valence-corrected chi connectivity index (χ2v) is 3.96. The van der Waals surface area contributed by atoms with E-state index in [0.717, 1.165) is 38.8 Å². The average Bonchev–Trinajstić information content (AvgIpc) is 2.29. The van der Waals surface area contributed by atoms with E-state index >= 15 is 0 Å². The van der Waals surface area contributed by atoms with E-state index < -0.39 is 5.95 Å².